The lowest BCUT2D eigenvalue weighted by Gasteiger charge is -2.08. The predicted octanol–water partition coefficient (Wildman–Crippen LogP) is 0.872. The summed E-state index contributed by atoms with van der Waals surface area (Å²) in [5.74, 6) is 0.678. The summed E-state index contributed by atoms with van der Waals surface area (Å²) in [6, 6.07) is 7.50. The van der Waals surface area contributed by atoms with Crippen LogP contribution >= 0.6 is 11.8 Å². The van der Waals surface area contributed by atoms with Crippen molar-refractivity contribution in [1.29, 1.82) is 0 Å². The monoisotopic (exact) mass is 350 g/mol. The third kappa shape index (κ3) is 4.25. The van der Waals surface area contributed by atoms with Crippen molar-refractivity contribution in [3.8, 4) is 17.1 Å². The molecule has 0 aliphatic heterocycles. The molecular formula is C15H18N4O4S. The number of benzene rings is 1. The van der Waals surface area contributed by atoms with Crippen molar-refractivity contribution < 1.29 is 19.1 Å². The Morgan fingerprint density at radius 2 is 2.00 bits per heavy atom. The van der Waals surface area contributed by atoms with Gasteiger partial charge in [0.25, 0.3) is 0 Å². The first-order chi connectivity index (χ1) is 11.6. The number of carbonyl (C=O) groups is 2. The van der Waals surface area contributed by atoms with Crippen LogP contribution in [0.15, 0.2) is 29.4 Å². The number of esters is 1. The fraction of sp³-hybridized carbons (Fsp3) is 0.333. The average Bonchev–Trinajstić information content (AvgIpc) is 2.98. The zero-order chi connectivity index (χ0) is 17.5. The number of hydrogen-bond donors (Lipinski definition) is 1. The van der Waals surface area contributed by atoms with Gasteiger partial charge in [-0.25, -0.2) is 0 Å². The number of carbonyl (C=O) groups excluding carboxylic acids is 2. The van der Waals surface area contributed by atoms with Crippen molar-refractivity contribution in [2.75, 3.05) is 26.5 Å². The van der Waals surface area contributed by atoms with Crippen molar-refractivity contribution in [2.24, 2.45) is 7.05 Å². The Kier molecular flexibility index (Phi) is 6.19. The molecule has 0 atom stereocenters. The summed E-state index contributed by atoms with van der Waals surface area (Å²) in [6.45, 7) is -0.152. The van der Waals surface area contributed by atoms with Crippen molar-refractivity contribution in [3.05, 3.63) is 24.3 Å². The van der Waals surface area contributed by atoms with E-state index in [1.165, 1.54) is 18.9 Å². The second-order valence-corrected chi connectivity index (χ2v) is 5.65. The van der Waals surface area contributed by atoms with Gasteiger partial charge in [0.1, 0.15) is 12.3 Å². The molecule has 0 spiro atoms. The van der Waals surface area contributed by atoms with E-state index in [0.29, 0.717) is 16.7 Å². The van der Waals surface area contributed by atoms with Crippen LogP contribution < -0.4 is 10.1 Å². The van der Waals surface area contributed by atoms with Gasteiger partial charge in [-0.2, -0.15) is 0 Å². The summed E-state index contributed by atoms with van der Waals surface area (Å²) in [5, 5.41) is 11.3. The van der Waals surface area contributed by atoms with Crippen LogP contribution in [0.5, 0.6) is 5.75 Å². The lowest BCUT2D eigenvalue weighted by atomic mass is 10.2. The number of para-hydroxylation sites is 1. The molecule has 1 aromatic carbocycles. The van der Waals surface area contributed by atoms with Crippen molar-refractivity contribution in [3.63, 3.8) is 0 Å². The Bertz CT molecular complexity index is 732. The highest BCUT2D eigenvalue weighted by molar-refractivity contribution is 7.99. The molecule has 1 amide bonds. The first kappa shape index (κ1) is 17.8. The number of thioether (sulfide) groups is 1. The SMILES string of the molecule is COC(=O)CNC(=O)CSc1nnc(-c2ccccc2OC)n1C. The minimum atomic E-state index is -0.495. The second-order valence-electron chi connectivity index (χ2n) is 4.71. The molecule has 0 aliphatic rings. The molecule has 0 fully saturated rings. The number of nitrogens with zero attached hydrogens (tertiary/aromatic N) is 3. The van der Waals surface area contributed by atoms with Gasteiger partial charge in [0.05, 0.1) is 25.5 Å². The number of methoxy groups -OCH3 is 2. The Morgan fingerprint density at radius 3 is 2.71 bits per heavy atom. The molecule has 0 saturated carbocycles. The van der Waals surface area contributed by atoms with Crippen LogP contribution in [0.3, 0.4) is 0 Å². The fourth-order valence-corrected chi connectivity index (χ4v) is 2.67. The largest absolute Gasteiger partial charge is 0.496 e. The molecule has 0 saturated heterocycles. The van der Waals surface area contributed by atoms with Crippen molar-refractivity contribution >= 4 is 23.6 Å². The number of ether oxygens (including phenoxy) is 2. The highest BCUT2D eigenvalue weighted by Crippen LogP contribution is 2.29. The van der Waals surface area contributed by atoms with Gasteiger partial charge in [0.2, 0.25) is 5.91 Å². The molecule has 1 aromatic heterocycles. The van der Waals surface area contributed by atoms with Crippen LogP contribution in [0.2, 0.25) is 0 Å². The molecule has 8 nitrogen and oxygen atoms in total. The molecule has 0 radical (unpaired) electrons. The van der Waals surface area contributed by atoms with Crippen LogP contribution in [0.1, 0.15) is 0 Å². The summed E-state index contributed by atoms with van der Waals surface area (Å²) in [5.41, 5.74) is 0.817. The Balaban J connectivity index is 2.03. The quantitative estimate of drug-likeness (QED) is 0.585. The van der Waals surface area contributed by atoms with E-state index in [1.807, 2.05) is 31.3 Å². The van der Waals surface area contributed by atoms with E-state index in [1.54, 1.807) is 11.7 Å². The lowest BCUT2D eigenvalue weighted by molar-refractivity contribution is -0.140. The minimum absolute atomic E-state index is 0.120. The van der Waals surface area contributed by atoms with E-state index >= 15 is 0 Å². The predicted molar refractivity (Wildman–Crippen MR) is 88.7 cm³/mol. The third-order valence-electron chi connectivity index (χ3n) is 3.17. The van der Waals surface area contributed by atoms with E-state index < -0.39 is 5.97 Å². The smallest absolute Gasteiger partial charge is 0.325 e. The lowest BCUT2D eigenvalue weighted by Crippen LogP contribution is -2.31. The van der Waals surface area contributed by atoms with Gasteiger partial charge in [-0.3, -0.25) is 9.59 Å². The maximum atomic E-state index is 11.7. The molecule has 0 unspecified atom stereocenters. The molecule has 1 N–H and O–H groups in total. The molecule has 2 rings (SSSR count). The number of rotatable bonds is 7. The van der Waals surface area contributed by atoms with Gasteiger partial charge in [0, 0.05) is 7.05 Å². The van der Waals surface area contributed by atoms with E-state index in [4.69, 9.17) is 4.74 Å². The van der Waals surface area contributed by atoms with Gasteiger partial charge in [-0.15, -0.1) is 10.2 Å². The van der Waals surface area contributed by atoms with Crippen LogP contribution in [0.25, 0.3) is 11.4 Å². The van der Waals surface area contributed by atoms with Crippen molar-refractivity contribution in [2.45, 2.75) is 5.16 Å². The Morgan fingerprint density at radius 1 is 1.25 bits per heavy atom. The molecule has 2 aromatic rings. The highest BCUT2D eigenvalue weighted by atomic mass is 32.2. The molecule has 1 heterocycles. The summed E-state index contributed by atoms with van der Waals surface area (Å²) in [6.07, 6.45) is 0. The summed E-state index contributed by atoms with van der Waals surface area (Å²) in [4.78, 5) is 22.7. The molecule has 128 valence electrons. The topological polar surface area (TPSA) is 95.3 Å². The first-order valence-corrected chi connectivity index (χ1v) is 8.04. The molecule has 0 bridgehead atoms. The van der Waals surface area contributed by atoms with Gasteiger partial charge in [-0.1, -0.05) is 23.9 Å². The van der Waals surface area contributed by atoms with Crippen LogP contribution in [0.4, 0.5) is 0 Å². The zero-order valence-electron chi connectivity index (χ0n) is 13.6. The third-order valence-corrected chi connectivity index (χ3v) is 4.19. The molecule has 24 heavy (non-hydrogen) atoms. The van der Waals surface area contributed by atoms with Crippen LogP contribution in [0, 0.1) is 0 Å². The standard InChI is InChI=1S/C15H18N4O4S/c1-19-14(10-6-4-5-7-11(10)22-2)17-18-15(19)24-9-12(20)16-8-13(21)23-3/h4-7H,8-9H2,1-3H3,(H,16,20). The number of hydrogen-bond acceptors (Lipinski definition) is 7. The molecular weight excluding hydrogens is 332 g/mol. The first-order valence-electron chi connectivity index (χ1n) is 7.06. The summed E-state index contributed by atoms with van der Waals surface area (Å²) >= 11 is 1.23. The Labute approximate surface area is 143 Å². The van der Waals surface area contributed by atoms with Gasteiger partial charge in [0.15, 0.2) is 11.0 Å². The normalized spacial score (nSPS) is 10.3. The minimum Gasteiger partial charge on any atom is -0.496 e. The Hall–Kier alpha value is -2.55. The van der Waals surface area contributed by atoms with Gasteiger partial charge < -0.3 is 19.4 Å². The van der Waals surface area contributed by atoms with Gasteiger partial charge in [-0.05, 0) is 12.1 Å². The van der Waals surface area contributed by atoms with E-state index in [2.05, 4.69) is 20.3 Å². The van der Waals surface area contributed by atoms with Crippen molar-refractivity contribution in [1.82, 2.24) is 20.1 Å². The number of aromatic nitrogens is 3. The van der Waals surface area contributed by atoms with E-state index in [0.717, 1.165) is 5.56 Å². The summed E-state index contributed by atoms with van der Waals surface area (Å²) in [7, 11) is 4.68. The van der Waals surface area contributed by atoms with E-state index in [-0.39, 0.29) is 18.2 Å². The summed E-state index contributed by atoms with van der Waals surface area (Å²) < 4.78 is 11.6. The number of amides is 1. The second kappa shape index (κ2) is 8.34. The maximum absolute atomic E-state index is 11.7. The molecule has 0 aliphatic carbocycles. The maximum Gasteiger partial charge on any atom is 0.325 e. The van der Waals surface area contributed by atoms with E-state index in [9.17, 15) is 9.59 Å². The highest BCUT2D eigenvalue weighted by Gasteiger charge is 2.16. The average molecular weight is 350 g/mol. The van der Waals surface area contributed by atoms with Gasteiger partial charge >= 0.3 is 5.97 Å². The van der Waals surface area contributed by atoms with Crippen LogP contribution in [-0.4, -0.2) is 53.2 Å². The molecule has 9 heteroatoms. The van der Waals surface area contributed by atoms with Crippen LogP contribution in [-0.2, 0) is 21.4 Å². The fourth-order valence-electron chi connectivity index (χ4n) is 1.93. The number of nitrogens with one attached hydrogen (secondary N) is 1. The zero-order valence-corrected chi connectivity index (χ0v) is 14.4.